The molecule has 0 unspecified atom stereocenters. The molecule has 1 aromatic heterocycles. The molecule has 1 rings (SSSR count). The zero-order valence-corrected chi connectivity index (χ0v) is 11.4. The van der Waals surface area contributed by atoms with Crippen molar-refractivity contribution in [2.75, 3.05) is 5.75 Å². The number of nitrogens with zero attached hydrogens (tertiary/aromatic N) is 2. The number of aromatic nitrogens is 1. The third-order valence-corrected chi connectivity index (χ3v) is 4.67. The van der Waals surface area contributed by atoms with Gasteiger partial charge < -0.3 is 5.11 Å². The van der Waals surface area contributed by atoms with Crippen LogP contribution in [0, 0.1) is 11.3 Å². The van der Waals surface area contributed by atoms with Crippen molar-refractivity contribution in [3.05, 3.63) is 11.1 Å². The number of rotatable bonds is 4. The molecule has 0 saturated carbocycles. The maximum Gasteiger partial charge on any atom is 0.150 e. The maximum atomic E-state index is 9.41. The summed E-state index contributed by atoms with van der Waals surface area (Å²) in [4.78, 5) is 5.54. The molecular weight excluding hydrogens is 240 g/mol. The second-order valence-corrected chi connectivity index (χ2v) is 6.87. The molecule has 1 heterocycles. The number of aliphatic hydroxyl groups is 1. The zero-order chi connectivity index (χ0) is 12.2. The Morgan fingerprint density at radius 2 is 2.31 bits per heavy atom. The van der Waals surface area contributed by atoms with Crippen LogP contribution in [0.1, 0.15) is 32.1 Å². The van der Waals surface area contributed by atoms with Gasteiger partial charge in [0, 0.05) is 16.8 Å². The van der Waals surface area contributed by atoms with Gasteiger partial charge in [0.2, 0.25) is 0 Å². The number of thiazole rings is 1. The lowest BCUT2D eigenvalue weighted by Crippen LogP contribution is -2.08. The molecule has 0 amide bonds. The minimum Gasteiger partial charge on any atom is -0.391 e. The summed E-state index contributed by atoms with van der Waals surface area (Å²) in [5.41, 5.74) is 0.127. The van der Waals surface area contributed by atoms with E-state index in [0.717, 1.165) is 4.34 Å². The van der Waals surface area contributed by atoms with Gasteiger partial charge >= 0.3 is 0 Å². The Balaban J connectivity index is 2.51. The van der Waals surface area contributed by atoms with Crippen LogP contribution in [0.15, 0.2) is 10.5 Å². The molecule has 0 saturated heterocycles. The highest BCUT2D eigenvalue weighted by molar-refractivity contribution is 8.01. The second kappa shape index (κ2) is 5.67. The van der Waals surface area contributed by atoms with Crippen molar-refractivity contribution < 1.29 is 5.11 Å². The van der Waals surface area contributed by atoms with Gasteiger partial charge in [-0.1, -0.05) is 32.5 Å². The lowest BCUT2D eigenvalue weighted by molar-refractivity contribution is 0.205. The molecule has 0 fully saturated rings. The molecule has 1 N–H and O–H groups in total. The van der Waals surface area contributed by atoms with Gasteiger partial charge in [0.1, 0.15) is 4.34 Å². The van der Waals surface area contributed by atoms with Crippen molar-refractivity contribution in [1.82, 2.24) is 4.98 Å². The Hall–Kier alpha value is -0.570. The van der Waals surface area contributed by atoms with E-state index in [1.165, 1.54) is 16.6 Å². The molecule has 0 aliphatic heterocycles. The van der Waals surface area contributed by atoms with E-state index in [-0.39, 0.29) is 11.8 Å². The van der Waals surface area contributed by atoms with Crippen molar-refractivity contribution in [1.29, 1.82) is 5.26 Å². The van der Waals surface area contributed by atoms with Gasteiger partial charge in [0.05, 0.1) is 18.6 Å². The predicted octanol–water partition coefficient (Wildman–Crippen LogP) is 2.81. The normalized spacial score (nSPS) is 13.4. The molecule has 88 valence electrons. The number of hydrogen-bond acceptors (Lipinski definition) is 5. The fourth-order valence-electron chi connectivity index (χ4n) is 1.00. The smallest absolute Gasteiger partial charge is 0.150 e. The lowest BCUT2D eigenvalue weighted by atomic mass is 9.96. The number of nitriles is 1. The van der Waals surface area contributed by atoms with Crippen LogP contribution in [0.4, 0.5) is 0 Å². The topological polar surface area (TPSA) is 56.9 Å². The molecule has 0 bridgehead atoms. The van der Waals surface area contributed by atoms with Gasteiger partial charge in [0.15, 0.2) is 0 Å². The highest BCUT2D eigenvalue weighted by Crippen LogP contribution is 2.32. The van der Waals surface area contributed by atoms with Crippen LogP contribution in [0.2, 0.25) is 0 Å². The lowest BCUT2D eigenvalue weighted by Gasteiger charge is -2.14. The minimum absolute atomic E-state index is 0.127. The summed E-state index contributed by atoms with van der Waals surface area (Å²) < 4.78 is 0.960. The van der Waals surface area contributed by atoms with E-state index in [9.17, 15) is 5.11 Å². The van der Waals surface area contributed by atoms with Gasteiger partial charge in [-0.25, -0.2) is 4.98 Å². The quantitative estimate of drug-likeness (QED) is 0.842. The van der Waals surface area contributed by atoms with Gasteiger partial charge in [0.25, 0.3) is 0 Å². The van der Waals surface area contributed by atoms with Crippen LogP contribution >= 0.6 is 23.1 Å². The molecule has 5 heteroatoms. The van der Waals surface area contributed by atoms with Crippen molar-refractivity contribution >= 4 is 23.1 Å². The van der Waals surface area contributed by atoms with Gasteiger partial charge in [-0.15, -0.1) is 11.3 Å². The second-order valence-electron chi connectivity index (χ2n) is 4.57. The first-order valence-corrected chi connectivity index (χ1v) is 6.88. The first-order chi connectivity index (χ1) is 7.43. The first-order valence-electron chi connectivity index (χ1n) is 5.07. The average Bonchev–Trinajstić information content (AvgIpc) is 2.63. The highest BCUT2D eigenvalue weighted by atomic mass is 32.2. The summed E-state index contributed by atoms with van der Waals surface area (Å²) in [7, 11) is 0. The molecule has 0 radical (unpaired) electrons. The third kappa shape index (κ3) is 4.12. The first kappa shape index (κ1) is 13.5. The van der Waals surface area contributed by atoms with E-state index >= 15 is 0 Å². The van der Waals surface area contributed by atoms with E-state index in [4.69, 9.17) is 5.26 Å². The van der Waals surface area contributed by atoms with Crippen LogP contribution < -0.4 is 0 Å². The van der Waals surface area contributed by atoms with Crippen LogP contribution in [-0.4, -0.2) is 21.9 Å². The summed E-state index contributed by atoms with van der Waals surface area (Å²) in [6, 6.07) is 1.95. The van der Waals surface area contributed by atoms with E-state index in [0.29, 0.717) is 5.75 Å². The van der Waals surface area contributed by atoms with E-state index in [1.54, 1.807) is 11.3 Å². The highest BCUT2D eigenvalue weighted by Gasteiger charge is 2.17. The molecule has 0 aliphatic carbocycles. The summed E-state index contributed by atoms with van der Waals surface area (Å²) in [6.45, 7) is 6.46. The van der Waals surface area contributed by atoms with E-state index in [1.807, 2.05) is 12.3 Å². The van der Waals surface area contributed by atoms with Crippen LogP contribution in [0.5, 0.6) is 0 Å². The third-order valence-electron chi connectivity index (χ3n) is 1.95. The van der Waals surface area contributed by atoms with Gasteiger partial charge in [-0.2, -0.15) is 5.26 Å². The maximum absolute atomic E-state index is 9.41. The summed E-state index contributed by atoms with van der Waals surface area (Å²) in [5, 5.41) is 17.8. The fraction of sp³-hybridized carbons (Fsp3) is 0.636. The standard InChI is InChI=1S/C11H16N2OS2/c1-11(2,3)9-6-13-10(16-9)15-7-8(14)4-5-12/h6,8,14H,4,7H2,1-3H3/t8-/m1/s1. The predicted molar refractivity (Wildman–Crippen MR) is 67.8 cm³/mol. The average molecular weight is 256 g/mol. The molecule has 3 nitrogen and oxygen atoms in total. The molecule has 0 spiro atoms. The van der Waals surface area contributed by atoms with Crippen molar-refractivity contribution in [2.45, 2.75) is 43.1 Å². The molecular formula is C11H16N2OS2. The van der Waals surface area contributed by atoms with Crippen molar-refractivity contribution in [3.63, 3.8) is 0 Å². The molecule has 1 atom stereocenters. The van der Waals surface area contributed by atoms with Gasteiger partial charge in [-0.05, 0) is 5.41 Å². The molecule has 16 heavy (non-hydrogen) atoms. The van der Waals surface area contributed by atoms with E-state index < -0.39 is 6.10 Å². The minimum atomic E-state index is -0.558. The summed E-state index contributed by atoms with van der Waals surface area (Å²) in [5.74, 6) is 0.532. The Labute approximate surface area is 105 Å². The summed E-state index contributed by atoms with van der Waals surface area (Å²) in [6.07, 6.45) is 1.52. The van der Waals surface area contributed by atoms with Crippen molar-refractivity contribution in [2.24, 2.45) is 0 Å². The van der Waals surface area contributed by atoms with Crippen LogP contribution in [-0.2, 0) is 5.41 Å². The Bertz CT molecular complexity index is 376. The Morgan fingerprint density at radius 3 is 2.81 bits per heavy atom. The monoisotopic (exact) mass is 256 g/mol. The number of thioether (sulfide) groups is 1. The molecule has 1 aromatic rings. The zero-order valence-electron chi connectivity index (χ0n) is 9.73. The number of aliphatic hydroxyl groups excluding tert-OH is 1. The SMILES string of the molecule is CC(C)(C)c1cnc(SC[C@H](O)CC#N)s1. The summed E-state index contributed by atoms with van der Waals surface area (Å²) >= 11 is 3.17. The Morgan fingerprint density at radius 1 is 1.62 bits per heavy atom. The van der Waals surface area contributed by atoms with Crippen LogP contribution in [0.3, 0.4) is 0 Å². The van der Waals surface area contributed by atoms with Crippen LogP contribution in [0.25, 0.3) is 0 Å². The largest absolute Gasteiger partial charge is 0.391 e. The van der Waals surface area contributed by atoms with Crippen molar-refractivity contribution in [3.8, 4) is 6.07 Å². The van der Waals surface area contributed by atoms with E-state index in [2.05, 4.69) is 25.8 Å². The number of hydrogen-bond donors (Lipinski definition) is 1. The Kier molecular flexibility index (Phi) is 4.78. The molecule has 0 aromatic carbocycles. The van der Waals surface area contributed by atoms with Gasteiger partial charge in [-0.3, -0.25) is 0 Å². The fourth-order valence-corrected chi connectivity index (χ4v) is 3.00. The molecule has 0 aliphatic rings.